The molecule has 0 saturated heterocycles. The Morgan fingerprint density at radius 2 is 1.71 bits per heavy atom. The third-order valence-electron chi connectivity index (χ3n) is 2.79. The number of nitrogens with zero attached hydrogens (tertiary/aromatic N) is 1. The van der Waals surface area contributed by atoms with Gasteiger partial charge in [-0.05, 0) is 11.6 Å². The van der Waals surface area contributed by atoms with E-state index < -0.39 is 5.97 Å². The van der Waals surface area contributed by atoms with Gasteiger partial charge in [0.15, 0.2) is 0 Å². The molecular formula is C16H14N2O3. The maximum atomic E-state index is 11.7. The van der Waals surface area contributed by atoms with Gasteiger partial charge in [-0.3, -0.25) is 4.79 Å². The molecule has 21 heavy (non-hydrogen) atoms. The summed E-state index contributed by atoms with van der Waals surface area (Å²) in [5.41, 5.74) is 3.84. The van der Waals surface area contributed by atoms with Gasteiger partial charge in [-0.25, -0.2) is 10.2 Å². The summed E-state index contributed by atoms with van der Waals surface area (Å²) >= 11 is 0. The van der Waals surface area contributed by atoms with Crippen molar-refractivity contribution in [2.24, 2.45) is 5.10 Å². The van der Waals surface area contributed by atoms with Crippen molar-refractivity contribution < 1.29 is 14.7 Å². The monoisotopic (exact) mass is 282 g/mol. The molecule has 2 aromatic rings. The molecule has 0 aliphatic carbocycles. The van der Waals surface area contributed by atoms with E-state index in [1.807, 2.05) is 30.3 Å². The fourth-order valence-electron chi connectivity index (χ4n) is 1.80. The molecule has 2 rings (SSSR count). The average Bonchev–Trinajstić information content (AvgIpc) is 2.48. The summed E-state index contributed by atoms with van der Waals surface area (Å²) in [6, 6.07) is 15.7. The molecule has 5 nitrogen and oxygen atoms in total. The molecule has 0 aliphatic rings. The molecule has 0 aromatic heterocycles. The summed E-state index contributed by atoms with van der Waals surface area (Å²) in [7, 11) is 0. The lowest BCUT2D eigenvalue weighted by Crippen LogP contribution is -2.19. The lowest BCUT2D eigenvalue weighted by molar-refractivity contribution is -0.120. The number of benzene rings is 2. The Hall–Kier alpha value is -2.95. The van der Waals surface area contributed by atoms with Crippen molar-refractivity contribution in [2.45, 2.75) is 6.42 Å². The Morgan fingerprint density at radius 1 is 1.05 bits per heavy atom. The quantitative estimate of drug-likeness (QED) is 0.651. The maximum Gasteiger partial charge on any atom is 0.336 e. The lowest BCUT2D eigenvalue weighted by atomic mass is 10.1. The van der Waals surface area contributed by atoms with E-state index in [0.29, 0.717) is 5.56 Å². The van der Waals surface area contributed by atoms with Crippen molar-refractivity contribution in [1.82, 2.24) is 5.43 Å². The van der Waals surface area contributed by atoms with Crippen LogP contribution in [0.5, 0.6) is 0 Å². The largest absolute Gasteiger partial charge is 0.478 e. The van der Waals surface area contributed by atoms with Crippen LogP contribution in [0.25, 0.3) is 0 Å². The van der Waals surface area contributed by atoms with Crippen LogP contribution in [0.15, 0.2) is 59.7 Å². The van der Waals surface area contributed by atoms with E-state index in [2.05, 4.69) is 10.5 Å². The summed E-state index contributed by atoms with van der Waals surface area (Å²) < 4.78 is 0. The lowest BCUT2D eigenvalue weighted by Gasteiger charge is -2.01. The molecule has 0 heterocycles. The van der Waals surface area contributed by atoms with E-state index in [1.165, 1.54) is 12.3 Å². The second-order valence-electron chi connectivity index (χ2n) is 4.35. The number of amides is 1. The fourth-order valence-corrected chi connectivity index (χ4v) is 1.80. The van der Waals surface area contributed by atoms with Gasteiger partial charge < -0.3 is 5.11 Å². The van der Waals surface area contributed by atoms with Crippen molar-refractivity contribution in [1.29, 1.82) is 0 Å². The van der Waals surface area contributed by atoms with Crippen LogP contribution < -0.4 is 5.43 Å². The minimum absolute atomic E-state index is 0.138. The highest BCUT2D eigenvalue weighted by atomic mass is 16.4. The number of nitrogens with one attached hydrogen (secondary N) is 1. The van der Waals surface area contributed by atoms with Crippen molar-refractivity contribution in [3.8, 4) is 0 Å². The van der Waals surface area contributed by atoms with Crippen molar-refractivity contribution in [2.75, 3.05) is 0 Å². The Kier molecular flexibility index (Phi) is 4.82. The molecule has 0 unspecified atom stereocenters. The molecule has 0 radical (unpaired) electrons. The summed E-state index contributed by atoms with van der Waals surface area (Å²) in [5.74, 6) is -1.29. The Morgan fingerprint density at radius 3 is 2.43 bits per heavy atom. The van der Waals surface area contributed by atoms with Gasteiger partial charge in [0.25, 0.3) is 0 Å². The number of carboxylic acids is 1. The SMILES string of the molecule is O=C(Cc1ccccc1)NN=Cc1ccccc1C(=O)O. The zero-order chi connectivity index (χ0) is 15.1. The van der Waals surface area contributed by atoms with Gasteiger partial charge >= 0.3 is 5.97 Å². The highest BCUT2D eigenvalue weighted by Crippen LogP contribution is 2.05. The number of aromatic carboxylic acids is 1. The van der Waals surface area contributed by atoms with Gasteiger partial charge in [-0.15, -0.1) is 0 Å². The minimum Gasteiger partial charge on any atom is -0.478 e. The van der Waals surface area contributed by atoms with Crippen molar-refractivity contribution in [3.63, 3.8) is 0 Å². The van der Waals surface area contributed by atoms with Crippen LogP contribution in [0.1, 0.15) is 21.5 Å². The molecule has 0 saturated carbocycles. The molecule has 0 atom stereocenters. The van der Waals surface area contributed by atoms with E-state index in [4.69, 9.17) is 5.11 Å². The predicted molar refractivity (Wildman–Crippen MR) is 79.3 cm³/mol. The van der Waals surface area contributed by atoms with Crippen molar-refractivity contribution in [3.05, 3.63) is 71.3 Å². The standard InChI is InChI=1S/C16H14N2O3/c19-15(10-12-6-2-1-3-7-12)18-17-11-13-8-4-5-9-14(13)16(20)21/h1-9,11H,10H2,(H,18,19)(H,20,21). The van der Waals surface area contributed by atoms with Crippen LogP contribution in [-0.4, -0.2) is 23.2 Å². The number of carboxylic acid groups (broad SMARTS) is 1. The van der Waals surface area contributed by atoms with Gasteiger partial charge in [-0.1, -0.05) is 48.5 Å². The molecule has 0 bridgehead atoms. The molecule has 5 heteroatoms. The summed E-state index contributed by atoms with van der Waals surface area (Å²) in [6.45, 7) is 0. The van der Waals surface area contributed by atoms with E-state index in [9.17, 15) is 9.59 Å². The van der Waals surface area contributed by atoms with Crippen LogP contribution in [0.4, 0.5) is 0 Å². The second kappa shape index (κ2) is 7.00. The Bertz CT molecular complexity index is 666. The van der Waals surface area contributed by atoms with E-state index in [0.717, 1.165) is 5.56 Å². The van der Waals surface area contributed by atoms with Gasteiger partial charge in [0, 0.05) is 5.56 Å². The molecule has 0 fully saturated rings. The molecule has 106 valence electrons. The van der Waals surface area contributed by atoms with Crippen LogP contribution in [0.3, 0.4) is 0 Å². The Labute approximate surface area is 121 Å². The molecule has 1 amide bonds. The Balaban J connectivity index is 1.97. The first-order valence-electron chi connectivity index (χ1n) is 6.35. The molecule has 0 aliphatic heterocycles. The number of hydrogen-bond donors (Lipinski definition) is 2. The minimum atomic E-state index is -1.03. The summed E-state index contributed by atoms with van der Waals surface area (Å²) in [4.78, 5) is 22.7. The zero-order valence-electron chi connectivity index (χ0n) is 11.2. The van der Waals surface area contributed by atoms with Crippen LogP contribution >= 0.6 is 0 Å². The predicted octanol–water partition coefficient (Wildman–Crippen LogP) is 2.08. The van der Waals surface area contributed by atoms with Gasteiger partial charge in [0.1, 0.15) is 0 Å². The molecule has 2 aromatic carbocycles. The number of carbonyl (C=O) groups is 2. The summed E-state index contributed by atoms with van der Waals surface area (Å²) in [6.07, 6.45) is 1.55. The number of rotatable bonds is 5. The zero-order valence-corrected chi connectivity index (χ0v) is 11.2. The topological polar surface area (TPSA) is 78.8 Å². The highest BCUT2D eigenvalue weighted by molar-refractivity contribution is 5.98. The van der Waals surface area contributed by atoms with Crippen molar-refractivity contribution >= 4 is 18.1 Å². The number of carbonyl (C=O) groups excluding carboxylic acids is 1. The maximum absolute atomic E-state index is 11.7. The third kappa shape index (κ3) is 4.28. The highest BCUT2D eigenvalue weighted by Gasteiger charge is 2.07. The summed E-state index contributed by atoms with van der Waals surface area (Å²) in [5, 5.41) is 12.8. The second-order valence-corrected chi connectivity index (χ2v) is 4.35. The van der Waals surface area contributed by atoms with Gasteiger partial charge in [0.2, 0.25) is 5.91 Å². The van der Waals surface area contributed by atoms with Crippen LogP contribution in [0.2, 0.25) is 0 Å². The van der Waals surface area contributed by atoms with Gasteiger partial charge in [-0.2, -0.15) is 5.10 Å². The molecule has 0 spiro atoms. The van der Waals surface area contributed by atoms with Crippen LogP contribution in [0, 0.1) is 0 Å². The average molecular weight is 282 g/mol. The normalized spacial score (nSPS) is 10.5. The van der Waals surface area contributed by atoms with Crippen LogP contribution in [-0.2, 0) is 11.2 Å². The van der Waals surface area contributed by atoms with E-state index in [-0.39, 0.29) is 17.9 Å². The fraction of sp³-hybridized carbons (Fsp3) is 0.0625. The molecular weight excluding hydrogens is 268 g/mol. The van der Waals surface area contributed by atoms with Gasteiger partial charge in [0.05, 0.1) is 18.2 Å². The first-order chi connectivity index (χ1) is 10.2. The first kappa shape index (κ1) is 14.5. The molecule has 2 N–H and O–H groups in total. The number of hydrazone groups is 1. The number of hydrogen-bond acceptors (Lipinski definition) is 3. The smallest absolute Gasteiger partial charge is 0.336 e. The van der Waals surface area contributed by atoms with E-state index in [1.54, 1.807) is 18.2 Å². The van der Waals surface area contributed by atoms with E-state index >= 15 is 0 Å². The third-order valence-corrected chi connectivity index (χ3v) is 2.79. The first-order valence-corrected chi connectivity index (χ1v) is 6.35.